The van der Waals surface area contributed by atoms with Gasteiger partial charge in [0, 0.05) is 19.0 Å². The Labute approximate surface area is 108 Å². The van der Waals surface area contributed by atoms with E-state index in [4.69, 9.17) is 0 Å². The molecule has 1 aromatic rings. The van der Waals surface area contributed by atoms with E-state index in [1.54, 1.807) is 12.7 Å². The van der Waals surface area contributed by atoms with Crippen LogP contribution >= 0.6 is 0 Å². The molecule has 2 heterocycles. The highest BCUT2D eigenvalue weighted by molar-refractivity contribution is 5.78. The lowest BCUT2D eigenvalue weighted by molar-refractivity contribution is -0.137. The smallest absolute Gasteiger partial charge is 0.225 e. The Morgan fingerprint density at radius 2 is 2.39 bits per heavy atom. The molecule has 0 spiro atoms. The van der Waals surface area contributed by atoms with Crippen LogP contribution in [0.15, 0.2) is 12.7 Å². The minimum Gasteiger partial charge on any atom is -0.340 e. The summed E-state index contributed by atoms with van der Waals surface area (Å²) < 4.78 is 1.88. The van der Waals surface area contributed by atoms with E-state index >= 15 is 0 Å². The van der Waals surface area contributed by atoms with Gasteiger partial charge in [0.2, 0.25) is 5.91 Å². The fraction of sp³-hybridized carbons (Fsp3) is 0.769. The van der Waals surface area contributed by atoms with Crippen LogP contribution in [0.5, 0.6) is 0 Å². The molecule has 1 fully saturated rings. The fourth-order valence-electron chi connectivity index (χ4n) is 2.64. The lowest BCUT2D eigenvalue weighted by atomic mass is 10.0. The molecule has 2 rings (SSSR count). The van der Waals surface area contributed by atoms with Crippen molar-refractivity contribution in [1.29, 1.82) is 0 Å². The Morgan fingerprint density at radius 1 is 1.56 bits per heavy atom. The molecule has 0 aliphatic carbocycles. The van der Waals surface area contributed by atoms with Crippen LogP contribution in [0.2, 0.25) is 0 Å². The molecular weight excluding hydrogens is 228 g/mol. The molecule has 1 aliphatic rings. The lowest BCUT2D eigenvalue weighted by Crippen LogP contribution is -2.43. The zero-order chi connectivity index (χ0) is 13.0. The number of amides is 1. The number of piperidine rings is 1. The Bertz CT molecular complexity index is 376. The summed E-state index contributed by atoms with van der Waals surface area (Å²) in [6.45, 7) is 5.82. The SMILES string of the molecule is CCC[C@H](C)C(=O)N1CCC[C@H](n2cncn2)C1. The maximum Gasteiger partial charge on any atom is 0.225 e. The molecule has 0 aromatic carbocycles. The molecule has 5 nitrogen and oxygen atoms in total. The standard InChI is InChI=1S/C13H22N4O/c1-3-5-11(2)13(18)16-7-4-6-12(8-16)17-10-14-9-15-17/h9-12H,3-8H2,1-2H3/t11-,12-/m0/s1. The molecule has 18 heavy (non-hydrogen) atoms. The summed E-state index contributed by atoms with van der Waals surface area (Å²) in [6.07, 6.45) is 7.47. The normalized spacial score (nSPS) is 21.9. The number of hydrogen-bond donors (Lipinski definition) is 0. The molecule has 1 saturated heterocycles. The highest BCUT2D eigenvalue weighted by Gasteiger charge is 2.27. The van der Waals surface area contributed by atoms with Crippen molar-refractivity contribution in [3.05, 3.63) is 12.7 Å². The zero-order valence-corrected chi connectivity index (χ0v) is 11.2. The Hall–Kier alpha value is -1.39. The van der Waals surface area contributed by atoms with Crippen molar-refractivity contribution in [3.8, 4) is 0 Å². The fourth-order valence-corrected chi connectivity index (χ4v) is 2.64. The van der Waals surface area contributed by atoms with Gasteiger partial charge in [0.05, 0.1) is 6.04 Å². The molecule has 0 N–H and O–H groups in total. The average Bonchev–Trinajstić information content (AvgIpc) is 2.92. The summed E-state index contributed by atoms with van der Waals surface area (Å²) in [6, 6.07) is 0.291. The molecule has 100 valence electrons. The topological polar surface area (TPSA) is 51.0 Å². The van der Waals surface area contributed by atoms with Gasteiger partial charge in [0.25, 0.3) is 0 Å². The number of likely N-dealkylation sites (tertiary alicyclic amines) is 1. The van der Waals surface area contributed by atoms with Crippen LogP contribution in [-0.4, -0.2) is 38.7 Å². The minimum absolute atomic E-state index is 0.143. The predicted molar refractivity (Wildman–Crippen MR) is 68.9 cm³/mol. The highest BCUT2D eigenvalue weighted by Crippen LogP contribution is 2.22. The van der Waals surface area contributed by atoms with E-state index in [1.165, 1.54) is 0 Å². The first kappa shape index (κ1) is 13.1. The first-order valence-electron chi connectivity index (χ1n) is 6.85. The predicted octanol–water partition coefficient (Wildman–Crippen LogP) is 1.88. The third-order valence-electron chi connectivity index (χ3n) is 3.66. The maximum absolute atomic E-state index is 12.3. The summed E-state index contributed by atoms with van der Waals surface area (Å²) in [4.78, 5) is 18.3. The Balaban J connectivity index is 1.96. The third kappa shape index (κ3) is 2.89. The van der Waals surface area contributed by atoms with Crippen LogP contribution < -0.4 is 0 Å². The van der Waals surface area contributed by atoms with Crippen LogP contribution in [0.4, 0.5) is 0 Å². The maximum atomic E-state index is 12.3. The van der Waals surface area contributed by atoms with Crippen LogP contribution in [0.1, 0.15) is 45.6 Å². The average molecular weight is 250 g/mol. The van der Waals surface area contributed by atoms with Crippen molar-refractivity contribution < 1.29 is 4.79 Å². The van der Waals surface area contributed by atoms with Gasteiger partial charge in [-0.1, -0.05) is 20.3 Å². The lowest BCUT2D eigenvalue weighted by Gasteiger charge is -2.34. The van der Waals surface area contributed by atoms with Gasteiger partial charge in [-0.15, -0.1) is 0 Å². The number of carbonyl (C=O) groups excluding carboxylic acids is 1. The van der Waals surface area contributed by atoms with Crippen molar-refractivity contribution in [2.45, 2.75) is 45.6 Å². The molecule has 1 amide bonds. The van der Waals surface area contributed by atoms with E-state index in [9.17, 15) is 4.79 Å². The third-order valence-corrected chi connectivity index (χ3v) is 3.66. The van der Waals surface area contributed by atoms with Gasteiger partial charge >= 0.3 is 0 Å². The van der Waals surface area contributed by atoms with Crippen molar-refractivity contribution in [1.82, 2.24) is 19.7 Å². The molecule has 0 radical (unpaired) electrons. The molecule has 0 bridgehead atoms. The molecular formula is C13H22N4O. The molecule has 2 atom stereocenters. The minimum atomic E-state index is 0.143. The van der Waals surface area contributed by atoms with E-state index in [2.05, 4.69) is 17.0 Å². The first-order valence-corrected chi connectivity index (χ1v) is 6.85. The second kappa shape index (κ2) is 5.98. The Kier molecular flexibility index (Phi) is 4.33. The summed E-state index contributed by atoms with van der Waals surface area (Å²) >= 11 is 0. The van der Waals surface area contributed by atoms with Crippen LogP contribution in [0, 0.1) is 5.92 Å². The second-order valence-corrected chi connectivity index (χ2v) is 5.15. The number of aromatic nitrogens is 3. The second-order valence-electron chi connectivity index (χ2n) is 5.15. The van der Waals surface area contributed by atoms with Gasteiger partial charge in [0.15, 0.2) is 0 Å². The van der Waals surface area contributed by atoms with Gasteiger partial charge in [-0.25, -0.2) is 9.67 Å². The molecule has 1 aliphatic heterocycles. The van der Waals surface area contributed by atoms with Gasteiger partial charge < -0.3 is 4.90 Å². The Morgan fingerprint density at radius 3 is 3.06 bits per heavy atom. The molecule has 1 aromatic heterocycles. The van der Waals surface area contributed by atoms with E-state index in [0.29, 0.717) is 11.9 Å². The number of hydrogen-bond acceptors (Lipinski definition) is 3. The quantitative estimate of drug-likeness (QED) is 0.819. The monoisotopic (exact) mass is 250 g/mol. The molecule has 0 unspecified atom stereocenters. The molecule has 0 saturated carbocycles. The van der Waals surface area contributed by atoms with E-state index in [-0.39, 0.29) is 5.92 Å². The van der Waals surface area contributed by atoms with Crippen LogP contribution in [0.25, 0.3) is 0 Å². The zero-order valence-electron chi connectivity index (χ0n) is 11.2. The number of nitrogens with zero attached hydrogens (tertiary/aromatic N) is 4. The summed E-state index contributed by atoms with van der Waals surface area (Å²) in [5.74, 6) is 0.436. The first-order chi connectivity index (χ1) is 8.72. The van der Waals surface area contributed by atoms with Crippen molar-refractivity contribution >= 4 is 5.91 Å². The van der Waals surface area contributed by atoms with E-state index in [0.717, 1.165) is 38.8 Å². The number of rotatable bonds is 4. The van der Waals surface area contributed by atoms with Gasteiger partial charge in [-0.2, -0.15) is 5.10 Å². The highest BCUT2D eigenvalue weighted by atomic mass is 16.2. The van der Waals surface area contributed by atoms with Crippen LogP contribution in [-0.2, 0) is 4.79 Å². The van der Waals surface area contributed by atoms with E-state index in [1.807, 2.05) is 16.5 Å². The van der Waals surface area contributed by atoms with Gasteiger partial charge in [-0.3, -0.25) is 4.79 Å². The summed E-state index contributed by atoms with van der Waals surface area (Å²) in [5, 5.41) is 4.18. The molecule has 5 heteroatoms. The van der Waals surface area contributed by atoms with Crippen LogP contribution in [0.3, 0.4) is 0 Å². The summed E-state index contributed by atoms with van der Waals surface area (Å²) in [5.41, 5.74) is 0. The van der Waals surface area contributed by atoms with Crippen molar-refractivity contribution in [2.75, 3.05) is 13.1 Å². The largest absolute Gasteiger partial charge is 0.340 e. The number of carbonyl (C=O) groups is 1. The van der Waals surface area contributed by atoms with Gasteiger partial charge in [-0.05, 0) is 19.3 Å². The van der Waals surface area contributed by atoms with E-state index < -0.39 is 0 Å². The van der Waals surface area contributed by atoms with Crippen molar-refractivity contribution in [3.63, 3.8) is 0 Å². The van der Waals surface area contributed by atoms with Crippen molar-refractivity contribution in [2.24, 2.45) is 5.92 Å². The van der Waals surface area contributed by atoms with Gasteiger partial charge in [0.1, 0.15) is 12.7 Å². The summed E-state index contributed by atoms with van der Waals surface area (Å²) in [7, 11) is 0.